The molecule has 0 aliphatic rings. The second kappa shape index (κ2) is 6.60. The summed E-state index contributed by atoms with van der Waals surface area (Å²) in [6.45, 7) is 5.79. The molecular weight excluding hydrogens is 288 g/mol. The highest BCUT2D eigenvalue weighted by atomic mass is 16.1. The van der Waals surface area contributed by atoms with Gasteiger partial charge in [-0.2, -0.15) is 0 Å². The van der Waals surface area contributed by atoms with Gasteiger partial charge in [0.1, 0.15) is 5.82 Å². The molecule has 1 aromatic carbocycles. The number of aryl methyl sites for hydroxylation is 1. The zero-order valence-electron chi connectivity index (χ0n) is 13.7. The molecule has 5 heteroatoms. The van der Waals surface area contributed by atoms with Gasteiger partial charge < -0.3 is 16.5 Å². The minimum Gasteiger partial charge on any atom is -0.384 e. The predicted molar refractivity (Wildman–Crippen MR) is 92.8 cm³/mol. The van der Waals surface area contributed by atoms with Gasteiger partial charge in [-0.15, -0.1) is 0 Å². The zero-order chi connectivity index (χ0) is 17.0. The molecule has 0 radical (unpaired) electrons. The third kappa shape index (κ3) is 4.39. The van der Waals surface area contributed by atoms with E-state index in [1.54, 1.807) is 6.07 Å². The van der Waals surface area contributed by atoms with Gasteiger partial charge in [0.05, 0.1) is 0 Å². The average Bonchev–Trinajstić information content (AvgIpc) is 2.46. The zero-order valence-corrected chi connectivity index (χ0v) is 13.7. The number of aromatic nitrogens is 1. The first kappa shape index (κ1) is 16.7. The number of carbonyl (C=O) groups excluding carboxylic acids is 1. The second-order valence-electron chi connectivity index (χ2n) is 6.28. The standard InChI is InChI=1S/C18H22N4O/c1-12-6-4-5-7-14(12)15(19)11-18(2,3)22-17(23)13-8-9-21-16(20)10-13/h4-10,19H,11H2,1-3H3,(H2,20,21)(H,22,23). The van der Waals surface area contributed by atoms with Crippen molar-refractivity contribution in [1.82, 2.24) is 10.3 Å². The lowest BCUT2D eigenvalue weighted by atomic mass is 9.91. The predicted octanol–water partition coefficient (Wildman–Crippen LogP) is 2.94. The van der Waals surface area contributed by atoms with Crippen LogP contribution in [0.25, 0.3) is 0 Å². The second-order valence-corrected chi connectivity index (χ2v) is 6.28. The van der Waals surface area contributed by atoms with Crippen LogP contribution in [0, 0.1) is 12.3 Å². The molecule has 1 aromatic heterocycles. The number of nitrogen functional groups attached to an aromatic ring is 1. The Bertz CT molecular complexity index is 737. The first-order valence-corrected chi connectivity index (χ1v) is 7.46. The SMILES string of the molecule is Cc1ccccc1C(=N)CC(C)(C)NC(=O)c1ccnc(N)c1. The molecule has 0 saturated heterocycles. The van der Waals surface area contributed by atoms with Gasteiger partial charge in [0, 0.05) is 29.4 Å². The topological polar surface area (TPSA) is 91.9 Å². The molecule has 1 heterocycles. The molecule has 4 N–H and O–H groups in total. The lowest BCUT2D eigenvalue weighted by Gasteiger charge is -2.27. The average molecular weight is 310 g/mol. The van der Waals surface area contributed by atoms with Crippen LogP contribution in [0.1, 0.15) is 41.8 Å². The quantitative estimate of drug-likeness (QED) is 0.741. The van der Waals surface area contributed by atoms with Crippen LogP contribution in [0.2, 0.25) is 0 Å². The fraction of sp³-hybridized carbons (Fsp3) is 0.278. The van der Waals surface area contributed by atoms with Crippen LogP contribution < -0.4 is 11.1 Å². The number of carbonyl (C=O) groups is 1. The Balaban J connectivity index is 2.08. The van der Waals surface area contributed by atoms with Gasteiger partial charge in [-0.3, -0.25) is 4.79 Å². The van der Waals surface area contributed by atoms with Crippen molar-refractivity contribution in [2.45, 2.75) is 32.7 Å². The highest BCUT2D eigenvalue weighted by Gasteiger charge is 2.24. The van der Waals surface area contributed by atoms with E-state index in [1.165, 1.54) is 12.3 Å². The summed E-state index contributed by atoms with van der Waals surface area (Å²) in [6.07, 6.45) is 1.94. The van der Waals surface area contributed by atoms with E-state index in [9.17, 15) is 4.79 Å². The van der Waals surface area contributed by atoms with Crippen molar-refractivity contribution >= 4 is 17.4 Å². The molecule has 0 spiro atoms. The summed E-state index contributed by atoms with van der Waals surface area (Å²) in [5, 5.41) is 11.3. The molecule has 120 valence electrons. The number of hydrogen-bond donors (Lipinski definition) is 3. The van der Waals surface area contributed by atoms with Crippen molar-refractivity contribution in [3.8, 4) is 0 Å². The van der Waals surface area contributed by atoms with Gasteiger partial charge in [0.25, 0.3) is 5.91 Å². The fourth-order valence-electron chi connectivity index (χ4n) is 2.46. The summed E-state index contributed by atoms with van der Waals surface area (Å²) in [7, 11) is 0. The Labute approximate surface area is 136 Å². The summed E-state index contributed by atoms with van der Waals surface area (Å²) in [5.41, 5.74) is 7.99. The molecule has 0 aliphatic carbocycles. The Morgan fingerprint density at radius 1 is 1.30 bits per heavy atom. The molecule has 0 saturated carbocycles. The first-order valence-electron chi connectivity index (χ1n) is 7.46. The van der Waals surface area contributed by atoms with E-state index in [4.69, 9.17) is 11.1 Å². The van der Waals surface area contributed by atoms with Crippen molar-refractivity contribution in [2.75, 3.05) is 5.73 Å². The van der Waals surface area contributed by atoms with Crippen LogP contribution in [0.15, 0.2) is 42.6 Å². The van der Waals surface area contributed by atoms with Gasteiger partial charge in [0.2, 0.25) is 0 Å². The van der Waals surface area contributed by atoms with E-state index in [0.717, 1.165) is 11.1 Å². The molecule has 0 atom stereocenters. The van der Waals surface area contributed by atoms with Crippen molar-refractivity contribution < 1.29 is 4.79 Å². The maximum atomic E-state index is 12.3. The highest BCUT2D eigenvalue weighted by molar-refractivity contribution is 6.01. The number of amides is 1. The molecule has 1 amide bonds. The van der Waals surface area contributed by atoms with Gasteiger partial charge >= 0.3 is 0 Å². The number of nitrogens with zero attached hydrogens (tertiary/aromatic N) is 1. The van der Waals surface area contributed by atoms with Crippen LogP contribution in [0.4, 0.5) is 5.82 Å². The molecular formula is C18H22N4O. The van der Waals surface area contributed by atoms with Crippen molar-refractivity contribution in [1.29, 1.82) is 5.41 Å². The normalized spacial score (nSPS) is 11.1. The molecule has 2 rings (SSSR count). The molecule has 0 aliphatic heterocycles. The number of hydrogen-bond acceptors (Lipinski definition) is 4. The number of anilines is 1. The van der Waals surface area contributed by atoms with Crippen LogP contribution in [0.3, 0.4) is 0 Å². The smallest absolute Gasteiger partial charge is 0.251 e. The summed E-state index contributed by atoms with van der Waals surface area (Å²) in [5.74, 6) is 0.0878. The molecule has 5 nitrogen and oxygen atoms in total. The first-order chi connectivity index (χ1) is 10.8. The van der Waals surface area contributed by atoms with E-state index in [-0.39, 0.29) is 5.91 Å². The van der Waals surface area contributed by atoms with E-state index in [0.29, 0.717) is 23.5 Å². The molecule has 0 fully saturated rings. The maximum Gasteiger partial charge on any atom is 0.251 e. The van der Waals surface area contributed by atoms with E-state index >= 15 is 0 Å². The van der Waals surface area contributed by atoms with E-state index in [1.807, 2.05) is 45.0 Å². The van der Waals surface area contributed by atoms with Gasteiger partial charge in [0.15, 0.2) is 0 Å². The fourth-order valence-corrected chi connectivity index (χ4v) is 2.46. The van der Waals surface area contributed by atoms with Gasteiger partial charge in [-0.25, -0.2) is 4.98 Å². The van der Waals surface area contributed by atoms with Crippen molar-refractivity contribution in [2.24, 2.45) is 0 Å². The molecule has 0 unspecified atom stereocenters. The molecule has 23 heavy (non-hydrogen) atoms. The maximum absolute atomic E-state index is 12.3. The lowest BCUT2D eigenvalue weighted by molar-refractivity contribution is 0.0915. The minimum absolute atomic E-state index is 0.221. The Morgan fingerprint density at radius 2 is 2.00 bits per heavy atom. The Kier molecular flexibility index (Phi) is 4.79. The number of pyridine rings is 1. The number of rotatable bonds is 5. The van der Waals surface area contributed by atoms with E-state index in [2.05, 4.69) is 10.3 Å². The van der Waals surface area contributed by atoms with Crippen LogP contribution in [0.5, 0.6) is 0 Å². The number of nitrogens with two attached hydrogens (primary N) is 1. The minimum atomic E-state index is -0.547. The summed E-state index contributed by atoms with van der Waals surface area (Å²) >= 11 is 0. The third-order valence-corrected chi connectivity index (χ3v) is 3.58. The summed E-state index contributed by atoms with van der Waals surface area (Å²) in [6, 6.07) is 10.9. The third-order valence-electron chi connectivity index (χ3n) is 3.58. The summed E-state index contributed by atoms with van der Waals surface area (Å²) < 4.78 is 0. The Morgan fingerprint density at radius 3 is 2.65 bits per heavy atom. The van der Waals surface area contributed by atoms with E-state index < -0.39 is 5.54 Å². The van der Waals surface area contributed by atoms with Gasteiger partial charge in [-0.05, 0) is 44.0 Å². The van der Waals surface area contributed by atoms with Crippen molar-refractivity contribution in [3.63, 3.8) is 0 Å². The number of nitrogens with one attached hydrogen (secondary N) is 2. The van der Waals surface area contributed by atoms with Crippen molar-refractivity contribution in [3.05, 3.63) is 59.3 Å². The Hall–Kier alpha value is -2.69. The highest BCUT2D eigenvalue weighted by Crippen LogP contribution is 2.17. The van der Waals surface area contributed by atoms with Crippen LogP contribution >= 0.6 is 0 Å². The van der Waals surface area contributed by atoms with Crippen LogP contribution in [-0.2, 0) is 0 Å². The van der Waals surface area contributed by atoms with Crippen LogP contribution in [-0.4, -0.2) is 22.1 Å². The number of benzene rings is 1. The largest absolute Gasteiger partial charge is 0.384 e. The van der Waals surface area contributed by atoms with Gasteiger partial charge in [-0.1, -0.05) is 24.3 Å². The summed E-state index contributed by atoms with van der Waals surface area (Å²) in [4.78, 5) is 16.2. The molecule has 0 bridgehead atoms. The molecule has 2 aromatic rings. The monoisotopic (exact) mass is 310 g/mol. The lowest BCUT2D eigenvalue weighted by Crippen LogP contribution is -2.45.